The van der Waals surface area contributed by atoms with Crippen molar-refractivity contribution in [2.75, 3.05) is 0 Å². The van der Waals surface area contributed by atoms with Gasteiger partial charge in [-0.05, 0) is 39.8 Å². The number of carbonyl (C=O) groups excluding carboxylic acids is 1. The quantitative estimate of drug-likeness (QED) is 0.816. The molecule has 16 heavy (non-hydrogen) atoms. The smallest absolute Gasteiger partial charge is 0.233 e. The zero-order valence-corrected chi connectivity index (χ0v) is 11.1. The summed E-state index contributed by atoms with van der Waals surface area (Å²) in [7, 11) is 0. The minimum atomic E-state index is -0.0508. The molecule has 1 aromatic carbocycles. The zero-order valence-electron chi connectivity index (χ0n) is 10.3. The van der Waals surface area contributed by atoms with E-state index >= 15 is 0 Å². The van der Waals surface area contributed by atoms with E-state index < -0.39 is 0 Å². The molecule has 0 saturated carbocycles. The van der Waals surface area contributed by atoms with E-state index in [1.165, 1.54) is 5.56 Å². The summed E-state index contributed by atoms with van der Waals surface area (Å²) in [4.78, 5) is 12.8. The summed E-state index contributed by atoms with van der Waals surface area (Å²) in [5.41, 5.74) is 1.24. The van der Waals surface area contributed by atoms with Crippen LogP contribution in [-0.2, 0) is 4.79 Å². The van der Waals surface area contributed by atoms with Gasteiger partial charge in [0.1, 0.15) is 0 Å². The van der Waals surface area contributed by atoms with Crippen LogP contribution in [0.3, 0.4) is 0 Å². The molecule has 0 saturated heterocycles. The molecule has 0 radical (unpaired) electrons. The fourth-order valence-corrected chi connectivity index (χ4v) is 2.15. The maximum Gasteiger partial charge on any atom is 0.233 e. The fraction of sp³-hybridized carbons (Fsp3) is 0.462. The second kappa shape index (κ2) is 5.94. The molecule has 0 bridgehead atoms. The monoisotopic (exact) mass is 237 g/mol. The molecule has 1 rings (SSSR count). The van der Waals surface area contributed by atoms with Gasteiger partial charge in [-0.15, -0.1) is 11.8 Å². The predicted octanol–water partition coefficient (Wildman–Crippen LogP) is 3.00. The average Bonchev–Trinajstić information content (AvgIpc) is 2.20. The van der Waals surface area contributed by atoms with Crippen LogP contribution < -0.4 is 5.32 Å². The first-order chi connectivity index (χ1) is 7.49. The highest BCUT2D eigenvalue weighted by Crippen LogP contribution is 2.23. The number of nitrogens with one attached hydrogen (secondary N) is 1. The Morgan fingerprint density at radius 1 is 1.19 bits per heavy atom. The topological polar surface area (TPSA) is 29.1 Å². The van der Waals surface area contributed by atoms with Gasteiger partial charge in [-0.25, -0.2) is 0 Å². The van der Waals surface area contributed by atoms with Crippen LogP contribution in [0.25, 0.3) is 0 Å². The van der Waals surface area contributed by atoms with Crippen LogP contribution in [0.15, 0.2) is 29.2 Å². The van der Waals surface area contributed by atoms with Crippen LogP contribution in [0.4, 0.5) is 0 Å². The molecule has 0 heterocycles. The van der Waals surface area contributed by atoms with Crippen molar-refractivity contribution in [1.29, 1.82) is 0 Å². The van der Waals surface area contributed by atoms with E-state index in [-0.39, 0.29) is 17.2 Å². The number of hydrogen-bond acceptors (Lipinski definition) is 2. The van der Waals surface area contributed by atoms with Gasteiger partial charge in [0.05, 0.1) is 5.25 Å². The molecule has 0 aliphatic rings. The van der Waals surface area contributed by atoms with Crippen molar-refractivity contribution < 1.29 is 4.79 Å². The molecule has 2 nitrogen and oxygen atoms in total. The van der Waals surface area contributed by atoms with E-state index in [0.29, 0.717) is 0 Å². The highest BCUT2D eigenvalue weighted by Gasteiger charge is 2.14. The summed E-state index contributed by atoms with van der Waals surface area (Å²) < 4.78 is 0. The molecule has 3 heteroatoms. The molecule has 0 spiro atoms. The fourth-order valence-electron chi connectivity index (χ4n) is 1.28. The molecular formula is C13H19NOS. The van der Waals surface area contributed by atoms with E-state index in [0.717, 1.165) is 4.90 Å². The van der Waals surface area contributed by atoms with Crippen LogP contribution in [-0.4, -0.2) is 17.2 Å². The van der Waals surface area contributed by atoms with Crippen molar-refractivity contribution in [3.63, 3.8) is 0 Å². The number of carbonyl (C=O) groups is 1. The first-order valence-corrected chi connectivity index (χ1v) is 6.40. The minimum Gasteiger partial charge on any atom is -0.353 e. The summed E-state index contributed by atoms with van der Waals surface area (Å²) in [6.45, 7) is 7.94. The molecule has 88 valence electrons. The second-order valence-electron chi connectivity index (χ2n) is 4.24. The third-order valence-electron chi connectivity index (χ3n) is 2.13. The van der Waals surface area contributed by atoms with Crippen LogP contribution in [0.2, 0.25) is 0 Å². The van der Waals surface area contributed by atoms with Gasteiger partial charge in [0.15, 0.2) is 0 Å². The summed E-state index contributed by atoms with van der Waals surface area (Å²) in [6.07, 6.45) is 0. The molecule has 1 N–H and O–H groups in total. The van der Waals surface area contributed by atoms with Gasteiger partial charge in [0, 0.05) is 10.9 Å². The molecule has 0 fully saturated rings. The Hall–Kier alpha value is -0.960. The van der Waals surface area contributed by atoms with Crippen molar-refractivity contribution in [3.8, 4) is 0 Å². The zero-order chi connectivity index (χ0) is 12.1. The second-order valence-corrected chi connectivity index (χ2v) is 5.65. The van der Waals surface area contributed by atoms with Crippen molar-refractivity contribution in [1.82, 2.24) is 5.32 Å². The van der Waals surface area contributed by atoms with Gasteiger partial charge < -0.3 is 5.32 Å². The Bertz CT molecular complexity index is 345. The van der Waals surface area contributed by atoms with Gasteiger partial charge in [0.2, 0.25) is 5.91 Å². The van der Waals surface area contributed by atoms with Gasteiger partial charge in [-0.3, -0.25) is 4.79 Å². The Kier molecular flexibility index (Phi) is 4.87. The molecule has 0 aliphatic heterocycles. The molecule has 1 amide bonds. The number of hydrogen-bond donors (Lipinski definition) is 1. The number of rotatable bonds is 4. The van der Waals surface area contributed by atoms with E-state index in [2.05, 4.69) is 36.5 Å². The number of aryl methyl sites for hydroxylation is 1. The van der Waals surface area contributed by atoms with Crippen LogP contribution in [0, 0.1) is 6.92 Å². The highest BCUT2D eigenvalue weighted by atomic mass is 32.2. The Balaban J connectivity index is 2.53. The van der Waals surface area contributed by atoms with Crippen molar-refractivity contribution in [2.45, 2.75) is 43.9 Å². The molecule has 1 unspecified atom stereocenters. The van der Waals surface area contributed by atoms with Crippen LogP contribution >= 0.6 is 11.8 Å². The number of amides is 1. The normalized spacial score (nSPS) is 12.6. The SMILES string of the molecule is Cc1ccc(SC(C)C(=O)NC(C)C)cc1. The molecule has 1 aromatic rings. The van der Waals surface area contributed by atoms with E-state index in [1.54, 1.807) is 11.8 Å². The van der Waals surface area contributed by atoms with Crippen LogP contribution in [0.1, 0.15) is 26.3 Å². The van der Waals surface area contributed by atoms with E-state index in [4.69, 9.17) is 0 Å². The average molecular weight is 237 g/mol. The van der Waals surface area contributed by atoms with Gasteiger partial charge in [-0.2, -0.15) is 0 Å². The lowest BCUT2D eigenvalue weighted by atomic mass is 10.2. The molecule has 0 aliphatic carbocycles. The van der Waals surface area contributed by atoms with E-state index in [9.17, 15) is 4.79 Å². The minimum absolute atomic E-state index is 0.0508. The predicted molar refractivity (Wildman–Crippen MR) is 69.8 cm³/mol. The lowest BCUT2D eigenvalue weighted by Gasteiger charge is -2.14. The number of benzene rings is 1. The summed E-state index contributed by atoms with van der Waals surface area (Å²) in [5.74, 6) is 0.0978. The van der Waals surface area contributed by atoms with Crippen LogP contribution in [0.5, 0.6) is 0 Å². The highest BCUT2D eigenvalue weighted by molar-refractivity contribution is 8.00. The number of thioether (sulfide) groups is 1. The van der Waals surface area contributed by atoms with E-state index in [1.807, 2.05) is 20.8 Å². The molecule has 1 atom stereocenters. The Morgan fingerprint density at radius 2 is 1.75 bits per heavy atom. The lowest BCUT2D eigenvalue weighted by Crippen LogP contribution is -2.35. The maximum absolute atomic E-state index is 11.7. The van der Waals surface area contributed by atoms with Gasteiger partial charge in [0.25, 0.3) is 0 Å². The standard InChI is InChI=1S/C13H19NOS/c1-9(2)14-13(15)11(4)16-12-7-5-10(3)6-8-12/h5-9,11H,1-4H3,(H,14,15). The van der Waals surface area contributed by atoms with Gasteiger partial charge >= 0.3 is 0 Å². The third-order valence-corrected chi connectivity index (χ3v) is 3.25. The largest absolute Gasteiger partial charge is 0.353 e. The Morgan fingerprint density at radius 3 is 2.25 bits per heavy atom. The summed E-state index contributed by atoms with van der Waals surface area (Å²) in [5, 5.41) is 2.86. The first kappa shape index (κ1) is 13.1. The summed E-state index contributed by atoms with van der Waals surface area (Å²) in [6, 6.07) is 8.44. The lowest BCUT2D eigenvalue weighted by molar-refractivity contribution is -0.120. The molecular weight excluding hydrogens is 218 g/mol. The molecule has 0 aromatic heterocycles. The van der Waals surface area contributed by atoms with Crippen molar-refractivity contribution in [3.05, 3.63) is 29.8 Å². The van der Waals surface area contributed by atoms with Gasteiger partial charge in [-0.1, -0.05) is 17.7 Å². The first-order valence-electron chi connectivity index (χ1n) is 5.52. The third kappa shape index (κ3) is 4.27. The Labute approximate surface area is 102 Å². The maximum atomic E-state index is 11.7. The van der Waals surface area contributed by atoms with Crippen molar-refractivity contribution >= 4 is 17.7 Å². The van der Waals surface area contributed by atoms with Crippen molar-refractivity contribution in [2.24, 2.45) is 0 Å². The summed E-state index contributed by atoms with van der Waals surface area (Å²) >= 11 is 1.59.